The van der Waals surface area contributed by atoms with Gasteiger partial charge in [-0.15, -0.1) is 27.2 Å². The maximum absolute atomic E-state index is 5.18. The molecule has 1 aromatic carbocycles. The van der Waals surface area contributed by atoms with E-state index in [-0.39, 0.29) is 22.2 Å². The van der Waals surface area contributed by atoms with Crippen LogP contribution in [-0.2, 0) is 0 Å². The van der Waals surface area contributed by atoms with Crippen molar-refractivity contribution in [2.24, 2.45) is 5.10 Å². The Balaban J connectivity index is 0.00000147. The Hall–Kier alpha value is -1.34. The van der Waals surface area contributed by atoms with E-state index in [1.807, 2.05) is 31.2 Å². The van der Waals surface area contributed by atoms with Gasteiger partial charge in [-0.05, 0) is 43.7 Å². The van der Waals surface area contributed by atoms with Gasteiger partial charge in [0.2, 0.25) is 5.16 Å². The van der Waals surface area contributed by atoms with Crippen molar-refractivity contribution in [1.82, 2.24) is 14.9 Å². The summed E-state index contributed by atoms with van der Waals surface area (Å²) in [6.07, 6.45) is 0. The summed E-state index contributed by atoms with van der Waals surface area (Å²) in [6.45, 7) is 4.03. The van der Waals surface area contributed by atoms with Crippen molar-refractivity contribution in [3.63, 3.8) is 0 Å². The predicted molar refractivity (Wildman–Crippen MR) is 85.3 cm³/mol. The zero-order chi connectivity index (χ0) is 13.4. The van der Waals surface area contributed by atoms with Crippen LogP contribution in [0.2, 0.25) is 0 Å². The average molecular weight is 355 g/mol. The van der Waals surface area contributed by atoms with E-state index in [0.717, 1.165) is 28.0 Å². The van der Waals surface area contributed by atoms with Crippen LogP contribution in [0.5, 0.6) is 5.75 Å². The maximum atomic E-state index is 5.18. The first kappa shape index (κ1) is 15.1. The number of methoxy groups -OCH3 is 1. The van der Waals surface area contributed by atoms with E-state index in [4.69, 9.17) is 4.74 Å². The number of rotatable bonds is 2. The number of hydrogen-bond acceptors (Lipinski definition) is 5. The van der Waals surface area contributed by atoms with Crippen LogP contribution in [0.4, 0.5) is 0 Å². The van der Waals surface area contributed by atoms with E-state index >= 15 is 0 Å². The molecule has 0 N–H and O–H groups in total. The molecule has 0 aliphatic carbocycles. The van der Waals surface area contributed by atoms with Crippen LogP contribution in [0, 0.1) is 6.92 Å². The molecule has 2 aromatic rings. The number of aromatic nitrogens is 3. The molecule has 1 aromatic heterocycles. The first-order valence-electron chi connectivity index (χ1n) is 6.01. The third-order valence-corrected chi connectivity index (χ3v) is 4.07. The second-order valence-electron chi connectivity index (χ2n) is 4.32. The number of aryl methyl sites for hydroxylation is 1. The molecule has 1 aliphatic rings. The van der Waals surface area contributed by atoms with E-state index in [2.05, 4.69) is 22.2 Å². The van der Waals surface area contributed by atoms with Gasteiger partial charge in [-0.1, -0.05) is 11.8 Å². The molecular formula is C13H15BrN4OS. The van der Waals surface area contributed by atoms with Crippen LogP contribution in [0.25, 0.3) is 0 Å². The summed E-state index contributed by atoms with van der Waals surface area (Å²) in [6, 6.07) is 7.95. The molecule has 106 valence electrons. The average Bonchev–Trinajstić information content (AvgIpc) is 2.79. The van der Waals surface area contributed by atoms with E-state index in [0.29, 0.717) is 0 Å². The van der Waals surface area contributed by atoms with Gasteiger partial charge in [0.05, 0.1) is 18.1 Å². The first-order valence-corrected chi connectivity index (χ1v) is 6.89. The molecule has 0 saturated heterocycles. The van der Waals surface area contributed by atoms with Crippen molar-refractivity contribution >= 4 is 34.5 Å². The zero-order valence-corrected chi connectivity index (χ0v) is 13.9. The second kappa shape index (κ2) is 5.97. The van der Waals surface area contributed by atoms with Crippen LogP contribution < -0.4 is 4.74 Å². The number of nitrogens with zero attached hydrogens (tertiary/aromatic N) is 4. The van der Waals surface area contributed by atoms with Gasteiger partial charge in [0.15, 0.2) is 5.82 Å². The fraction of sp³-hybridized carbons (Fsp3) is 0.308. The topological polar surface area (TPSA) is 52.3 Å². The van der Waals surface area contributed by atoms with Gasteiger partial charge in [-0.3, -0.25) is 0 Å². The summed E-state index contributed by atoms with van der Waals surface area (Å²) in [5.74, 6) is 1.65. The van der Waals surface area contributed by atoms with Crippen LogP contribution in [0.1, 0.15) is 18.3 Å². The van der Waals surface area contributed by atoms with Crippen molar-refractivity contribution in [1.29, 1.82) is 0 Å². The standard InChI is InChI=1S/C13H14N4OS.BrH/c1-8-12(10-4-6-11(18-3)7-5-10)16-17-9(2)14-15-13(17)19-8;/h4-8H,1-3H3;1H. The summed E-state index contributed by atoms with van der Waals surface area (Å²) in [5, 5.41) is 13.9. The fourth-order valence-corrected chi connectivity index (χ4v) is 2.96. The van der Waals surface area contributed by atoms with Gasteiger partial charge in [0, 0.05) is 0 Å². The monoisotopic (exact) mass is 354 g/mol. The van der Waals surface area contributed by atoms with Gasteiger partial charge in [0.25, 0.3) is 0 Å². The van der Waals surface area contributed by atoms with Crippen molar-refractivity contribution in [3.8, 4) is 5.75 Å². The van der Waals surface area contributed by atoms with Crippen molar-refractivity contribution in [2.75, 3.05) is 7.11 Å². The molecule has 0 fully saturated rings. The van der Waals surface area contributed by atoms with Gasteiger partial charge < -0.3 is 4.74 Å². The lowest BCUT2D eigenvalue weighted by atomic mass is 10.1. The highest BCUT2D eigenvalue weighted by molar-refractivity contribution is 8.93. The van der Waals surface area contributed by atoms with E-state index in [9.17, 15) is 0 Å². The Labute approximate surface area is 132 Å². The van der Waals surface area contributed by atoms with Crippen LogP contribution in [0.3, 0.4) is 0 Å². The van der Waals surface area contributed by atoms with Gasteiger partial charge >= 0.3 is 0 Å². The number of ether oxygens (including phenoxy) is 1. The third kappa shape index (κ3) is 2.60. The maximum Gasteiger partial charge on any atom is 0.212 e. The van der Waals surface area contributed by atoms with Crippen LogP contribution in [0.15, 0.2) is 34.5 Å². The lowest BCUT2D eigenvalue weighted by Gasteiger charge is -2.19. The smallest absolute Gasteiger partial charge is 0.212 e. The highest BCUT2D eigenvalue weighted by atomic mass is 79.9. The molecule has 2 heterocycles. The molecule has 0 spiro atoms. The number of halogens is 1. The molecule has 7 heteroatoms. The Morgan fingerprint density at radius 2 is 1.90 bits per heavy atom. The number of benzene rings is 1. The summed E-state index contributed by atoms with van der Waals surface area (Å²) in [5.41, 5.74) is 2.13. The summed E-state index contributed by atoms with van der Waals surface area (Å²) >= 11 is 1.67. The second-order valence-corrected chi connectivity index (χ2v) is 5.62. The van der Waals surface area contributed by atoms with E-state index in [1.165, 1.54) is 0 Å². The predicted octanol–water partition coefficient (Wildman–Crippen LogP) is 2.92. The summed E-state index contributed by atoms with van der Waals surface area (Å²) in [7, 11) is 1.67. The Morgan fingerprint density at radius 3 is 2.55 bits per heavy atom. The third-order valence-electron chi connectivity index (χ3n) is 3.03. The van der Waals surface area contributed by atoms with Crippen molar-refractivity contribution < 1.29 is 4.74 Å². The quantitative estimate of drug-likeness (QED) is 0.831. The molecule has 5 nitrogen and oxygen atoms in total. The SMILES string of the molecule is Br.COc1ccc(C2=Nn3c(C)nnc3SC2C)cc1. The molecule has 3 rings (SSSR count). The van der Waals surface area contributed by atoms with Crippen LogP contribution in [-0.4, -0.2) is 32.9 Å². The summed E-state index contributed by atoms with van der Waals surface area (Å²) in [4.78, 5) is 0. The van der Waals surface area contributed by atoms with E-state index in [1.54, 1.807) is 23.5 Å². The molecule has 1 unspecified atom stereocenters. The summed E-state index contributed by atoms with van der Waals surface area (Å²) < 4.78 is 6.97. The van der Waals surface area contributed by atoms with Gasteiger partial charge in [-0.25, -0.2) is 0 Å². The highest BCUT2D eigenvalue weighted by Gasteiger charge is 2.24. The minimum Gasteiger partial charge on any atom is -0.497 e. The Bertz CT molecular complexity index is 638. The first-order chi connectivity index (χ1) is 9.19. The molecule has 0 saturated carbocycles. The Kier molecular flexibility index (Phi) is 4.49. The minimum absolute atomic E-state index is 0. The molecule has 20 heavy (non-hydrogen) atoms. The Morgan fingerprint density at radius 1 is 1.20 bits per heavy atom. The van der Waals surface area contributed by atoms with Gasteiger partial charge in [-0.2, -0.15) is 9.78 Å². The number of fused-ring (bicyclic) bond motifs is 1. The fourth-order valence-electron chi connectivity index (χ4n) is 1.98. The zero-order valence-electron chi connectivity index (χ0n) is 11.4. The largest absolute Gasteiger partial charge is 0.497 e. The van der Waals surface area contributed by atoms with Crippen molar-refractivity contribution in [2.45, 2.75) is 24.3 Å². The normalized spacial score (nSPS) is 16.9. The van der Waals surface area contributed by atoms with E-state index < -0.39 is 0 Å². The molecule has 1 atom stereocenters. The lowest BCUT2D eigenvalue weighted by Crippen LogP contribution is -2.21. The molecule has 0 bridgehead atoms. The number of thioether (sulfide) groups is 1. The van der Waals surface area contributed by atoms with Gasteiger partial charge in [0.1, 0.15) is 5.75 Å². The highest BCUT2D eigenvalue weighted by Crippen LogP contribution is 2.30. The molecule has 0 radical (unpaired) electrons. The lowest BCUT2D eigenvalue weighted by molar-refractivity contribution is 0.415. The van der Waals surface area contributed by atoms with Crippen molar-refractivity contribution in [3.05, 3.63) is 35.7 Å². The number of hydrogen-bond donors (Lipinski definition) is 0. The molecule has 0 amide bonds. The minimum atomic E-state index is 0. The van der Waals surface area contributed by atoms with Crippen LogP contribution >= 0.6 is 28.7 Å². The molecular weight excluding hydrogens is 340 g/mol. The molecule has 1 aliphatic heterocycles.